The molecule has 0 aromatic heterocycles. The zero-order valence-electron chi connectivity index (χ0n) is 10.9. The van der Waals surface area contributed by atoms with E-state index < -0.39 is 21.8 Å². The zero-order chi connectivity index (χ0) is 16.3. The van der Waals surface area contributed by atoms with Gasteiger partial charge in [-0.3, -0.25) is 0 Å². The van der Waals surface area contributed by atoms with Gasteiger partial charge < -0.3 is 14.8 Å². The Bertz CT molecular complexity index is 843. The van der Waals surface area contributed by atoms with Crippen LogP contribution in [0.5, 0.6) is 5.75 Å². The van der Waals surface area contributed by atoms with Gasteiger partial charge in [-0.2, -0.15) is 10.2 Å². The van der Waals surface area contributed by atoms with E-state index in [-0.39, 0.29) is 21.8 Å². The number of nitrogens with zero attached hydrogens (tertiary/aromatic N) is 2. The largest absolute Gasteiger partial charge is 0.744 e. The average Bonchev–Trinajstić information content (AvgIpc) is 2.45. The molecule has 2 rings (SSSR count). The Morgan fingerprint density at radius 2 is 1.55 bits per heavy atom. The number of carbonyl (C=O) groups is 1. The molecule has 22 heavy (non-hydrogen) atoms. The van der Waals surface area contributed by atoms with Crippen LogP contribution in [0.1, 0.15) is 10.4 Å². The highest BCUT2D eigenvalue weighted by Gasteiger charge is 2.09. The second kappa shape index (κ2) is 5.92. The standard InChI is InChI=1S/C13H10N2O6S/c16-12-6-3-9(7-11(12)13(17)18)15-14-8-1-4-10(5-2-8)22(19,20)21/h1-7,16H,(H,17,18)(H,19,20,21)/p-1. The minimum atomic E-state index is -4.52. The Balaban J connectivity index is 2.25. The Hall–Kier alpha value is -2.78. The third kappa shape index (κ3) is 3.65. The van der Waals surface area contributed by atoms with Crippen LogP contribution < -0.4 is 0 Å². The van der Waals surface area contributed by atoms with Crippen molar-refractivity contribution in [2.24, 2.45) is 10.2 Å². The predicted molar refractivity (Wildman–Crippen MR) is 73.6 cm³/mol. The molecule has 8 nitrogen and oxygen atoms in total. The molecule has 2 aromatic carbocycles. The Kier molecular flexibility index (Phi) is 4.20. The van der Waals surface area contributed by atoms with E-state index in [1.54, 1.807) is 0 Å². The van der Waals surface area contributed by atoms with Gasteiger partial charge in [0.1, 0.15) is 21.4 Å². The molecule has 0 radical (unpaired) electrons. The number of benzene rings is 2. The molecule has 0 aliphatic carbocycles. The Labute approximate surface area is 125 Å². The fraction of sp³-hybridized carbons (Fsp3) is 0. The molecule has 0 spiro atoms. The van der Waals surface area contributed by atoms with Crippen molar-refractivity contribution in [2.75, 3.05) is 0 Å². The van der Waals surface area contributed by atoms with Crippen molar-refractivity contribution in [3.63, 3.8) is 0 Å². The van der Waals surface area contributed by atoms with Gasteiger partial charge in [-0.1, -0.05) is 0 Å². The third-order valence-corrected chi connectivity index (χ3v) is 3.47. The Morgan fingerprint density at radius 1 is 1.00 bits per heavy atom. The molecule has 2 N–H and O–H groups in total. The topological polar surface area (TPSA) is 139 Å². The summed E-state index contributed by atoms with van der Waals surface area (Å²) >= 11 is 0. The number of azo groups is 1. The number of aromatic hydroxyl groups is 1. The Morgan fingerprint density at radius 3 is 2.09 bits per heavy atom. The number of hydrogen-bond donors (Lipinski definition) is 2. The van der Waals surface area contributed by atoms with E-state index in [0.29, 0.717) is 0 Å². The fourth-order valence-electron chi connectivity index (χ4n) is 1.55. The van der Waals surface area contributed by atoms with Gasteiger partial charge in [-0.15, -0.1) is 0 Å². The van der Waals surface area contributed by atoms with Crippen LogP contribution in [0.15, 0.2) is 57.6 Å². The highest BCUT2D eigenvalue weighted by Crippen LogP contribution is 2.25. The number of hydrogen-bond acceptors (Lipinski definition) is 7. The lowest BCUT2D eigenvalue weighted by Gasteiger charge is -2.05. The number of carboxylic acids is 1. The van der Waals surface area contributed by atoms with Crippen molar-refractivity contribution in [2.45, 2.75) is 4.90 Å². The first-order valence-corrected chi connectivity index (χ1v) is 7.22. The zero-order valence-corrected chi connectivity index (χ0v) is 11.7. The summed E-state index contributed by atoms with van der Waals surface area (Å²) in [4.78, 5) is 10.5. The molecule has 0 aliphatic heterocycles. The molecule has 0 fully saturated rings. The van der Waals surface area contributed by atoms with Gasteiger partial charge in [0.15, 0.2) is 0 Å². The minimum Gasteiger partial charge on any atom is -0.744 e. The summed E-state index contributed by atoms with van der Waals surface area (Å²) in [7, 11) is -4.52. The SMILES string of the molecule is O=C(O)c1cc(N=Nc2ccc(S(=O)(=O)[O-])cc2)ccc1O. The van der Waals surface area contributed by atoms with Crippen molar-refractivity contribution >= 4 is 27.5 Å². The van der Waals surface area contributed by atoms with Crippen LogP contribution >= 0.6 is 0 Å². The highest BCUT2D eigenvalue weighted by atomic mass is 32.2. The quantitative estimate of drug-likeness (QED) is 0.654. The van der Waals surface area contributed by atoms with Crippen LogP contribution in [0.4, 0.5) is 11.4 Å². The summed E-state index contributed by atoms with van der Waals surface area (Å²) in [5, 5.41) is 25.8. The molecule has 9 heteroatoms. The maximum atomic E-state index is 10.9. The van der Waals surface area contributed by atoms with E-state index in [1.807, 2.05) is 0 Å². The number of aromatic carboxylic acids is 1. The summed E-state index contributed by atoms with van der Waals surface area (Å²) in [5.74, 6) is -1.70. The van der Waals surface area contributed by atoms with E-state index in [9.17, 15) is 22.9 Å². The first-order valence-electron chi connectivity index (χ1n) is 5.81. The lowest BCUT2D eigenvalue weighted by atomic mass is 10.2. The molecular weight excluding hydrogens is 312 g/mol. The summed E-state index contributed by atoms with van der Waals surface area (Å²) in [6, 6.07) is 8.43. The second-order valence-electron chi connectivity index (χ2n) is 4.15. The normalized spacial score (nSPS) is 11.7. The monoisotopic (exact) mass is 321 g/mol. The van der Waals surface area contributed by atoms with Crippen LogP contribution in [-0.2, 0) is 10.1 Å². The summed E-state index contributed by atoms with van der Waals surface area (Å²) in [5.41, 5.74) is 0.150. The van der Waals surface area contributed by atoms with Gasteiger partial charge in [0.25, 0.3) is 0 Å². The lowest BCUT2D eigenvalue weighted by Crippen LogP contribution is -1.97. The van der Waals surface area contributed by atoms with Gasteiger partial charge in [0, 0.05) is 0 Å². The van der Waals surface area contributed by atoms with Gasteiger partial charge in [0.05, 0.1) is 16.3 Å². The fourth-order valence-corrected chi connectivity index (χ4v) is 2.02. The second-order valence-corrected chi connectivity index (χ2v) is 5.53. The van der Waals surface area contributed by atoms with Crippen LogP contribution in [0.3, 0.4) is 0 Å². The number of phenols is 1. The highest BCUT2D eigenvalue weighted by molar-refractivity contribution is 7.85. The molecule has 0 saturated carbocycles. The smallest absolute Gasteiger partial charge is 0.339 e. The minimum absolute atomic E-state index is 0.190. The van der Waals surface area contributed by atoms with Crippen molar-refractivity contribution in [3.8, 4) is 5.75 Å². The molecular formula is C13H9N2O6S-. The lowest BCUT2D eigenvalue weighted by molar-refractivity contribution is 0.0693. The van der Waals surface area contributed by atoms with E-state index in [2.05, 4.69) is 10.2 Å². The van der Waals surface area contributed by atoms with E-state index >= 15 is 0 Å². The van der Waals surface area contributed by atoms with Gasteiger partial charge >= 0.3 is 5.97 Å². The maximum Gasteiger partial charge on any atom is 0.339 e. The van der Waals surface area contributed by atoms with Crippen LogP contribution in [0.25, 0.3) is 0 Å². The molecule has 0 atom stereocenters. The van der Waals surface area contributed by atoms with Crippen LogP contribution in [-0.4, -0.2) is 29.2 Å². The summed E-state index contributed by atoms with van der Waals surface area (Å²) < 4.78 is 32.3. The molecule has 2 aromatic rings. The van der Waals surface area contributed by atoms with Crippen molar-refractivity contribution in [1.29, 1.82) is 0 Å². The first kappa shape index (κ1) is 15.6. The van der Waals surface area contributed by atoms with Crippen LogP contribution in [0, 0.1) is 0 Å². The summed E-state index contributed by atoms with van der Waals surface area (Å²) in [6.45, 7) is 0. The van der Waals surface area contributed by atoms with Crippen molar-refractivity contribution in [1.82, 2.24) is 0 Å². The molecule has 0 heterocycles. The average molecular weight is 321 g/mol. The molecule has 114 valence electrons. The first-order chi connectivity index (χ1) is 10.3. The van der Waals surface area contributed by atoms with Crippen molar-refractivity contribution < 1.29 is 28.0 Å². The third-order valence-electron chi connectivity index (χ3n) is 2.62. The molecule has 0 unspecified atom stereocenters. The van der Waals surface area contributed by atoms with E-state index in [4.69, 9.17) is 5.11 Å². The van der Waals surface area contributed by atoms with E-state index in [1.165, 1.54) is 24.3 Å². The number of carboxylic acid groups (broad SMARTS) is 1. The van der Waals surface area contributed by atoms with Crippen LogP contribution in [0.2, 0.25) is 0 Å². The molecule has 0 amide bonds. The predicted octanol–water partition coefficient (Wildman–Crippen LogP) is 2.41. The summed E-state index contributed by atoms with van der Waals surface area (Å²) in [6.07, 6.45) is 0. The maximum absolute atomic E-state index is 10.9. The van der Waals surface area contributed by atoms with Gasteiger partial charge in [-0.05, 0) is 42.5 Å². The molecule has 0 saturated heterocycles. The number of rotatable bonds is 4. The molecule has 0 bridgehead atoms. The van der Waals surface area contributed by atoms with Gasteiger partial charge in [0.2, 0.25) is 0 Å². The van der Waals surface area contributed by atoms with Gasteiger partial charge in [-0.25, -0.2) is 13.2 Å². The van der Waals surface area contributed by atoms with E-state index in [0.717, 1.165) is 18.2 Å². The molecule has 0 aliphatic rings. The van der Waals surface area contributed by atoms with Crippen molar-refractivity contribution in [3.05, 3.63) is 48.0 Å².